The monoisotopic (exact) mass is 251 g/mol. The third-order valence-electron chi connectivity index (χ3n) is 3.20. The summed E-state index contributed by atoms with van der Waals surface area (Å²) in [5, 5.41) is 12.9. The minimum atomic E-state index is -0.648. The first-order valence-corrected chi connectivity index (χ1v) is 6.41. The molecule has 3 heteroatoms. The fourth-order valence-electron chi connectivity index (χ4n) is 1.96. The lowest BCUT2D eigenvalue weighted by atomic mass is 10.00. The van der Waals surface area contributed by atoms with E-state index in [0.717, 1.165) is 18.7 Å². The molecule has 0 unspecified atom stereocenters. The van der Waals surface area contributed by atoms with Crippen LogP contribution in [-0.4, -0.2) is 30.9 Å². The number of benzene rings is 1. The summed E-state index contributed by atoms with van der Waals surface area (Å²) in [6.45, 7) is 9.31. The topological polar surface area (TPSA) is 41.5 Å². The maximum atomic E-state index is 9.60. The molecule has 0 amide bonds. The Hall–Kier alpha value is -1.06. The third-order valence-corrected chi connectivity index (χ3v) is 3.20. The van der Waals surface area contributed by atoms with Gasteiger partial charge in [0.2, 0.25) is 0 Å². The second-order valence-electron chi connectivity index (χ2n) is 5.42. The minimum absolute atomic E-state index is 0.612. The van der Waals surface area contributed by atoms with E-state index in [1.165, 1.54) is 16.7 Å². The molecule has 0 aromatic heterocycles. The van der Waals surface area contributed by atoms with Gasteiger partial charge in [0.05, 0.1) is 12.7 Å². The first kappa shape index (κ1) is 15.0. The maximum Gasteiger partial charge on any atom is 0.122 e. The third kappa shape index (κ3) is 4.31. The van der Waals surface area contributed by atoms with Gasteiger partial charge in [-0.25, -0.2) is 0 Å². The highest BCUT2D eigenvalue weighted by Gasteiger charge is 2.11. The number of ether oxygens (including phenoxy) is 1. The minimum Gasteiger partial charge on any atom is -0.496 e. The first-order valence-electron chi connectivity index (χ1n) is 6.41. The Balaban J connectivity index is 2.56. The van der Waals surface area contributed by atoms with E-state index in [4.69, 9.17) is 4.74 Å². The van der Waals surface area contributed by atoms with Gasteiger partial charge in [-0.3, -0.25) is 0 Å². The van der Waals surface area contributed by atoms with Gasteiger partial charge in [0, 0.05) is 6.54 Å². The second kappa shape index (κ2) is 6.21. The van der Waals surface area contributed by atoms with Crippen molar-refractivity contribution < 1.29 is 9.84 Å². The van der Waals surface area contributed by atoms with Crippen LogP contribution in [0.25, 0.3) is 0 Å². The predicted octanol–water partition coefficient (Wildman–Crippen LogP) is 2.22. The number of rotatable bonds is 6. The molecule has 1 rings (SSSR count). The van der Waals surface area contributed by atoms with Crippen LogP contribution in [0.15, 0.2) is 12.1 Å². The van der Waals surface area contributed by atoms with Crippen molar-refractivity contribution in [2.45, 2.75) is 39.7 Å². The zero-order valence-electron chi connectivity index (χ0n) is 12.1. The Bertz CT molecular complexity index is 394. The van der Waals surface area contributed by atoms with Crippen molar-refractivity contribution in [1.82, 2.24) is 5.32 Å². The Labute approximate surface area is 110 Å². The van der Waals surface area contributed by atoms with Crippen LogP contribution in [0.5, 0.6) is 5.75 Å². The molecule has 1 aromatic rings. The summed E-state index contributed by atoms with van der Waals surface area (Å²) in [4.78, 5) is 0. The van der Waals surface area contributed by atoms with Crippen molar-refractivity contribution in [3.8, 4) is 5.75 Å². The molecule has 0 aliphatic heterocycles. The summed E-state index contributed by atoms with van der Waals surface area (Å²) in [5.41, 5.74) is 3.18. The van der Waals surface area contributed by atoms with Gasteiger partial charge in [-0.05, 0) is 63.4 Å². The van der Waals surface area contributed by atoms with E-state index in [1.807, 2.05) is 19.9 Å². The molecule has 0 saturated carbocycles. The molecule has 2 N–H and O–H groups in total. The maximum absolute atomic E-state index is 9.60. The van der Waals surface area contributed by atoms with Crippen molar-refractivity contribution in [3.05, 3.63) is 28.8 Å². The van der Waals surface area contributed by atoms with Crippen molar-refractivity contribution >= 4 is 0 Å². The lowest BCUT2D eigenvalue weighted by Gasteiger charge is -2.18. The number of aliphatic hydroxyl groups is 1. The zero-order chi connectivity index (χ0) is 13.8. The molecule has 0 fully saturated rings. The fraction of sp³-hybridized carbons (Fsp3) is 0.600. The van der Waals surface area contributed by atoms with Gasteiger partial charge in [0.15, 0.2) is 0 Å². The van der Waals surface area contributed by atoms with Gasteiger partial charge in [-0.2, -0.15) is 0 Å². The van der Waals surface area contributed by atoms with E-state index in [0.29, 0.717) is 6.54 Å². The molecule has 0 atom stereocenters. The van der Waals surface area contributed by atoms with Crippen molar-refractivity contribution in [2.24, 2.45) is 0 Å². The molecular formula is C15H25NO2. The molecule has 0 saturated heterocycles. The van der Waals surface area contributed by atoms with E-state index < -0.39 is 5.60 Å². The summed E-state index contributed by atoms with van der Waals surface area (Å²) in [6.07, 6.45) is 0.965. The highest BCUT2D eigenvalue weighted by molar-refractivity contribution is 5.43. The molecule has 1 aromatic carbocycles. The molecule has 0 bridgehead atoms. The Kier molecular flexibility index (Phi) is 5.17. The molecule has 0 aliphatic carbocycles. The largest absolute Gasteiger partial charge is 0.496 e. The molecule has 3 nitrogen and oxygen atoms in total. The van der Waals surface area contributed by atoms with Crippen molar-refractivity contribution in [3.63, 3.8) is 0 Å². The highest BCUT2D eigenvalue weighted by atomic mass is 16.5. The molecule has 0 heterocycles. The smallest absolute Gasteiger partial charge is 0.122 e. The molecule has 18 heavy (non-hydrogen) atoms. The van der Waals surface area contributed by atoms with E-state index in [-0.39, 0.29) is 0 Å². The summed E-state index contributed by atoms with van der Waals surface area (Å²) < 4.78 is 5.30. The average molecular weight is 251 g/mol. The zero-order valence-corrected chi connectivity index (χ0v) is 12.1. The van der Waals surface area contributed by atoms with Gasteiger partial charge in [-0.15, -0.1) is 0 Å². The fourth-order valence-corrected chi connectivity index (χ4v) is 1.96. The quantitative estimate of drug-likeness (QED) is 0.762. The van der Waals surface area contributed by atoms with Crippen LogP contribution in [0.4, 0.5) is 0 Å². The summed E-state index contributed by atoms with van der Waals surface area (Å²) in [5.74, 6) is 0.945. The molecule has 0 radical (unpaired) electrons. The van der Waals surface area contributed by atoms with Gasteiger partial charge in [0.25, 0.3) is 0 Å². The Morgan fingerprint density at radius 1 is 1.22 bits per heavy atom. The Morgan fingerprint density at radius 3 is 2.44 bits per heavy atom. The number of hydrogen-bond acceptors (Lipinski definition) is 3. The van der Waals surface area contributed by atoms with Gasteiger partial charge >= 0.3 is 0 Å². The standard InChI is InChI=1S/C15H25NO2/c1-11-12(2)14(18-5)7-6-13(11)8-9-16-10-15(3,4)17/h6-7,16-17H,8-10H2,1-5H3. The second-order valence-corrected chi connectivity index (χ2v) is 5.42. The van der Waals surface area contributed by atoms with E-state index >= 15 is 0 Å². The van der Waals surface area contributed by atoms with Gasteiger partial charge in [-0.1, -0.05) is 6.07 Å². The van der Waals surface area contributed by atoms with E-state index in [1.54, 1.807) is 7.11 Å². The van der Waals surface area contributed by atoms with Crippen molar-refractivity contribution in [1.29, 1.82) is 0 Å². The first-order chi connectivity index (χ1) is 8.35. The highest BCUT2D eigenvalue weighted by Crippen LogP contribution is 2.23. The lowest BCUT2D eigenvalue weighted by molar-refractivity contribution is 0.0801. The Morgan fingerprint density at radius 2 is 1.89 bits per heavy atom. The van der Waals surface area contributed by atoms with Crippen LogP contribution < -0.4 is 10.1 Å². The van der Waals surface area contributed by atoms with Crippen molar-refractivity contribution in [2.75, 3.05) is 20.2 Å². The predicted molar refractivity (Wildman–Crippen MR) is 75.3 cm³/mol. The van der Waals surface area contributed by atoms with Gasteiger partial charge in [0.1, 0.15) is 5.75 Å². The van der Waals surface area contributed by atoms with E-state index in [9.17, 15) is 5.11 Å². The number of nitrogens with one attached hydrogen (secondary N) is 1. The van der Waals surface area contributed by atoms with Crippen LogP contribution in [0.2, 0.25) is 0 Å². The molecule has 0 spiro atoms. The lowest BCUT2D eigenvalue weighted by Crippen LogP contribution is -2.35. The SMILES string of the molecule is COc1ccc(CCNCC(C)(C)O)c(C)c1C. The number of hydrogen-bond donors (Lipinski definition) is 2. The normalized spacial score (nSPS) is 11.7. The molecular weight excluding hydrogens is 226 g/mol. The van der Waals surface area contributed by atoms with E-state index in [2.05, 4.69) is 25.2 Å². The van der Waals surface area contributed by atoms with Crippen LogP contribution in [0.3, 0.4) is 0 Å². The molecule has 102 valence electrons. The molecule has 0 aliphatic rings. The summed E-state index contributed by atoms with van der Waals surface area (Å²) in [7, 11) is 1.70. The van der Waals surface area contributed by atoms with Crippen LogP contribution in [0, 0.1) is 13.8 Å². The summed E-state index contributed by atoms with van der Waals surface area (Å²) in [6, 6.07) is 4.14. The summed E-state index contributed by atoms with van der Waals surface area (Å²) >= 11 is 0. The van der Waals surface area contributed by atoms with Crippen LogP contribution in [0.1, 0.15) is 30.5 Å². The average Bonchev–Trinajstić information content (AvgIpc) is 2.28. The number of methoxy groups -OCH3 is 1. The van der Waals surface area contributed by atoms with Gasteiger partial charge < -0.3 is 15.2 Å². The van der Waals surface area contributed by atoms with Crippen LogP contribution >= 0.6 is 0 Å². The van der Waals surface area contributed by atoms with Crippen LogP contribution in [-0.2, 0) is 6.42 Å².